The molecule has 0 radical (unpaired) electrons. The molecule has 2 heterocycles. The topological polar surface area (TPSA) is 140 Å². The molecule has 2 aromatic heterocycles. The fourth-order valence-electron chi connectivity index (χ4n) is 5.41. The minimum absolute atomic E-state index is 0.0508. The summed E-state index contributed by atoms with van der Waals surface area (Å²) in [6.07, 6.45) is 1.43. The van der Waals surface area contributed by atoms with Gasteiger partial charge in [0.25, 0.3) is 17.0 Å². The van der Waals surface area contributed by atoms with E-state index >= 15 is 0 Å². The highest BCUT2D eigenvalue weighted by molar-refractivity contribution is 6.27. The number of ether oxygens (including phenoxy) is 4. The lowest BCUT2D eigenvalue weighted by Crippen LogP contribution is -2.38. The van der Waals surface area contributed by atoms with Crippen LogP contribution >= 0.6 is 0 Å². The first-order chi connectivity index (χ1) is 20.3. The molecule has 12 nitrogen and oxygen atoms in total. The third-order valence-electron chi connectivity index (χ3n) is 7.24. The summed E-state index contributed by atoms with van der Waals surface area (Å²) >= 11 is 0. The molecular weight excluding hydrogens is 544 g/mol. The van der Waals surface area contributed by atoms with E-state index in [4.69, 9.17) is 18.9 Å². The summed E-state index contributed by atoms with van der Waals surface area (Å²) < 4.78 is 23.6. The maximum Gasteiger partial charge on any atom is 0.281 e. The van der Waals surface area contributed by atoms with E-state index in [2.05, 4.69) is 10.5 Å². The fraction of sp³-hybridized carbons (Fsp3) is 0.167. The number of nitrogens with zero attached hydrogens (tertiary/aromatic N) is 3. The Morgan fingerprint density at radius 3 is 2.10 bits per heavy atom. The molecule has 1 aliphatic carbocycles. The molecule has 6 rings (SSSR count). The average molecular weight is 569 g/mol. The summed E-state index contributed by atoms with van der Waals surface area (Å²) in [5.41, 5.74) is 2.65. The molecule has 0 spiro atoms. The van der Waals surface area contributed by atoms with Crippen molar-refractivity contribution in [3.8, 4) is 34.3 Å². The molecule has 0 unspecified atom stereocenters. The normalized spacial score (nSPS) is 11.8. The molecule has 12 heteroatoms. The molecular formula is C30H24N4O8. The van der Waals surface area contributed by atoms with E-state index in [9.17, 15) is 19.2 Å². The predicted octanol–water partition coefficient (Wildman–Crippen LogP) is 2.73. The van der Waals surface area contributed by atoms with Crippen molar-refractivity contribution in [1.82, 2.24) is 14.5 Å². The van der Waals surface area contributed by atoms with Crippen molar-refractivity contribution in [3.05, 3.63) is 86.6 Å². The Morgan fingerprint density at radius 1 is 0.786 bits per heavy atom. The van der Waals surface area contributed by atoms with E-state index in [-0.39, 0.29) is 45.1 Å². The Bertz CT molecular complexity index is 2080. The number of pyridine rings is 1. The number of hydrogen-bond donors (Lipinski definition) is 1. The second-order valence-corrected chi connectivity index (χ2v) is 9.37. The van der Waals surface area contributed by atoms with Gasteiger partial charge in [0.2, 0.25) is 0 Å². The second-order valence-electron chi connectivity index (χ2n) is 9.37. The Balaban J connectivity index is 1.51. The van der Waals surface area contributed by atoms with Crippen LogP contribution in [0.1, 0.15) is 15.9 Å². The highest BCUT2D eigenvalue weighted by atomic mass is 16.5. The van der Waals surface area contributed by atoms with Gasteiger partial charge in [0.05, 0.1) is 56.7 Å². The van der Waals surface area contributed by atoms with Crippen LogP contribution in [0.4, 0.5) is 0 Å². The van der Waals surface area contributed by atoms with E-state index in [0.29, 0.717) is 27.6 Å². The Kier molecular flexibility index (Phi) is 6.37. The van der Waals surface area contributed by atoms with Gasteiger partial charge in [0, 0.05) is 21.9 Å². The predicted molar refractivity (Wildman–Crippen MR) is 154 cm³/mol. The van der Waals surface area contributed by atoms with Crippen LogP contribution in [-0.4, -0.2) is 54.6 Å². The van der Waals surface area contributed by atoms with Gasteiger partial charge in [-0.2, -0.15) is 5.10 Å². The van der Waals surface area contributed by atoms with Crippen molar-refractivity contribution in [2.75, 3.05) is 33.9 Å². The van der Waals surface area contributed by atoms with E-state index in [1.54, 1.807) is 48.5 Å². The van der Waals surface area contributed by atoms with Gasteiger partial charge >= 0.3 is 0 Å². The highest BCUT2D eigenvalue weighted by Crippen LogP contribution is 2.42. The molecule has 0 aliphatic heterocycles. The third kappa shape index (κ3) is 3.79. The molecule has 0 atom stereocenters. The molecule has 42 heavy (non-hydrogen) atoms. The van der Waals surface area contributed by atoms with Gasteiger partial charge in [0.1, 0.15) is 6.54 Å². The van der Waals surface area contributed by atoms with Crippen LogP contribution in [0, 0.1) is 0 Å². The number of aromatic nitrogens is 3. The zero-order valence-corrected chi connectivity index (χ0v) is 23.0. The van der Waals surface area contributed by atoms with Gasteiger partial charge in [-0.15, -0.1) is 0 Å². The first-order valence-corrected chi connectivity index (χ1v) is 12.7. The van der Waals surface area contributed by atoms with Crippen molar-refractivity contribution in [2.24, 2.45) is 0 Å². The van der Waals surface area contributed by atoms with Crippen LogP contribution in [0.3, 0.4) is 0 Å². The number of ketones is 1. The molecule has 1 aliphatic rings. The molecule has 0 saturated carbocycles. The lowest BCUT2D eigenvalue weighted by molar-refractivity contribution is -0.117. The van der Waals surface area contributed by atoms with Crippen LogP contribution in [0.5, 0.6) is 23.0 Å². The van der Waals surface area contributed by atoms with Crippen LogP contribution in [0.2, 0.25) is 0 Å². The Labute approximate surface area is 237 Å². The van der Waals surface area contributed by atoms with Crippen LogP contribution in [-0.2, 0) is 11.3 Å². The SMILES string of the molecule is COc1ccc2cnn(CC(=O)Nn3c4c(c5ccc(OC)c(OC)c5c3=O)C(=O)c3ccccc3-4)c(=O)c2c1OC. The van der Waals surface area contributed by atoms with Gasteiger partial charge in [-0.05, 0) is 24.3 Å². The third-order valence-corrected chi connectivity index (χ3v) is 7.24. The van der Waals surface area contributed by atoms with Crippen molar-refractivity contribution < 1.29 is 28.5 Å². The number of methoxy groups -OCH3 is 4. The van der Waals surface area contributed by atoms with E-state index < -0.39 is 23.6 Å². The monoisotopic (exact) mass is 568 g/mol. The number of benzene rings is 3. The van der Waals surface area contributed by atoms with Gasteiger partial charge in [-0.1, -0.05) is 24.3 Å². The first-order valence-electron chi connectivity index (χ1n) is 12.7. The second kappa shape index (κ2) is 10.1. The van der Waals surface area contributed by atoms with Crippen molar-refractivity contribution in [1.29, 1.82) is 0 Å². The molecule has 5 aromatic rings. The number of hydrogen-bond acceptors (Lipinski definition) is 9. The summed E-state index contributed by atoms with van der Waals surface area (Å²) in [6.45, 7) is -0.542. The number of amides is 1. The molecule has 0 bridgehead atoms. The van der Waals surface area contributed by atoms with Crippen molar-refractivity contribution >= 4 is 33.2 Å². The number of nitrogens with one attached hydrogen (secondary N) is 1. The summed E-state index contributed by atoms with van der Waals surface area (Å²) in [5, 5.41) is 5.21. The number of carbonyl (C=O) groups excluding carboxylic acids is 2. The number of fused-ring (bicyclic) bond motifs is 6. The standard InChI is InChI=1S/C30H24N4O8/c1-39-19-11-9-15-13-31-33(29(37)22(15)27(19)41-3)14-21(35)32-34-25-16-7-5-6-8-17(16)26(36)23(25)18-10-12-20(40-2)28(42-4)24(18)30(34)38/h5-13H,14H2,1-4H3,(H,32,35). The lowest BCUT2D eigenvalue weighted by Gasteiger charge is -2.18. The summed E-state index contributed by atoms with van der Waals surface area (Å²) in [5.74, 6) is -0.115. The summed E-state index contributed by atoms with van der Waals surface area (Å²) in [7, 11) is 5.66. The quantitative estimate of drug-likeness (QED) is 0.308. The smallest absolute Gasteiger partial charge is 0.281 e. The maximum absolute atomic E-state index is 14.0. The number of carbonyl (C=O) groups is 2. The molecule has 1 amide bonds. The zero-order valence-electron chi connectivity index (χ0n) is 23.0. The van der Waals surface area contributed by atoms with E-state index in [1.165, 1.54) is 34.6 Å². The average Bonchev–Trinajstić information content (AvgIpc) is 3.31. The van der Waals surface area contributed by atoms with E-state index in [1.807, 2.05) is 0 Å². The molecule has 0 saturated heterocycles. The van der Waals surface area contributed by atoms with Crippen molar-refractivity contribution in [2.45, 2.75) is 6.54 Å². The van der Waals surface area contributed by atoms with Gasteiger partial charge in [-0.3, -0.25) is 24.6 Å². The van der Waals surface area contributed by atoms with Gasteiger partial charge in [0.15, 0.2) is 28.8 Å². The Morgan fingerprint density at radius 2 is 1.43 bits per heavy atom. The molecule has 3 aromatic carbocycles. The first kappa shape index (κ1) is 26.6. The van der Waals surface area contributed by atoms with Crippen LogP contribution in [0.25, 0.3) is 32.8 Å². The minimum atomic E-state index is -0.742. The molecule has 1 N–H and O–H groups in total. The minimum Gasteiger partial charge on any atom is -0.493 e. The van der Waals surface area contributed by atoms with Gasteiger partial charge < -0.3 is 18.9 Å². The summed E-state index contributed by atoms with van der Waals surface area (Å²) in [6, 6.07) is 13.3. The lowest BCUT2D eigenvalue weighted by atomic mass is 10.0. The molecule has 212 valence electrons. The largest absolute Gasteiger partial charge is 0.493 e. The summed E-state index contributed by atoms with van der Waals surface area (Å²) in [4.78, 5) is 54.5. The Hall–Kier alpha value is -5.65. The number of rotatable bonds is 7. The van der Waals surface area contributed by atoms with Crippen LogP contribution in [0.15, 0.2) is 64.3 Å². The highest BCUT2D eigenvalue weighted by Gasteiger charge is 2.34. The maximum atomic E-state index is 14.0. The van der Waals surface area contributed by atoms with Crippen LogP contribution < -0.4 is 35.5 Å². The molecule has 0 fully saturated rings. The van der Waals surface area contributed by atoms with Gasteiger partial charge in [-0.25, -0.2) is 9.36 Å². The van der Waals surface area contributed by atoms with E-state index in [0.717, 1.165) is 9.36 Å². The fourth-order valence-corrected chi connectivity index (χ4v) is 5.41. The zero-order chi connectivity index (χ0) is 29.7. The van der Waals surface area contributed by atoms with Crippen molar-refractivity contribution in [3.63, 3.8) is 0 Å².